The highest BCUT2D eigenvalue weighted by Crippen LogP contribution is 2.05. The van der Waals surface area contributed by atoms with Gasteiger partial charge in [0.25, 0.3) is 0 Å². The second kappa shape index (κ2) is 3.66. The van der Waals surface area contributed by atoms with Crippen LogP contribution in [-0.4, -0.2) is 9.78 Å². The Balaban J connectivity index is 2.15. The van der Waals surface area contributed by atoms with Gasteiger partial charge in [0, 0.05) is 6.20 Å². The lowest BCUT2D eigenvalue weighted by molar-refractivity contribution is 0.686. The third kappa shape index (κ3) is 2.02. The lowest BCUT2D eigenvalue weighted by atomic mass is 10.1. The second-order valence-electron chi connectivity index (χ2n) is 3.70. The molecule has 0 atom stereocenters. The van der Waals surface area contributed by atoms with Crippen molar-refractivity contribution in [3.8, 4) is 0 Å². The SMILES string of the molecule is Cc1ccc(Cn2cc(C)cn2)cc1. The number of aryl methyl sites for hydroxylation is 2. The Morgan fingerprint density at radius 3 is 2.36 bits per heavy atom. The van der Waals surface area contributed by atoms with Crippen molar-refractivity contribution in [2.75, 3.05) is 0 Å². The van der Waals surface area contributed by atoms with E-state index in [0.29, 0.717) is 0 Å². The molecule has 0 radical (unpaired) electrons. The molecule has 0 amide bonds. The fourth-order valence-corrected chi connectivity index (χ4v) is 1.43. The molecule has 1 aromatic heterocycles. The maximum Gasteiger partial charge on any atom is 0.0659 e. The summed E-state index contributed by atoms with van der Waals surface area (Å²) in [6, 6.07) is 8.55. The molecule has 0 aliphatic rings. The molecule has 14 heavy (non-hydrogen) atoms. The summed E-state index contributed by atoms with van der Waals surface area (Å²) >= 11 is 0. The Hall–Kier alpha value is -1.57. The molecule has 0 saturated heterocycles. The predicted molar refractivity (Wildman–Crippen MR) is 57.2 cm³/mol. The van der Waals surface area contributed by atoms with Gasteiger partial charge >= 0.3 is 0 Å². The number of hydrogen-bond donors (Lipinski definition) is 0. The molecule has 0 fully saturated rings. The first-order valence-corrected chi connectivity index (χ1v) is 4.78. The van der Waals surface area contributed by atoms with Crippen LogP contribution in [0.4, 0.5) is 0 Å². The van der Waals surface area contributed by atoms with Gasteiger partial charge in [-0.05, 0) is 25.0 Å². The first-order valence-electron chi connectivity index (χ1n) is 4.78. The molecule has 2 nitrogen and oxygen atoms in total. The number of benzene rings is 1. The van der Waals surface area contributed by atoms with Gasteiger partial charge < -0.3 is 0 Å². The van der Waals surface area contributed by atoms with E-state index < -0.39 is 0 Å². The van der Waals surface area contributed by atoms with Crippen LogP contribution in [0, 0.1) is 13.8 Å². The van der Waals surface area contributed by atoms with Crippen LogP contribution in [0.15, 0.2) is 36.7 Å². The van der Waals surface area contributed by atoms with E-state index in [9.17, 15) is 0 Å². The Morgan fingerprint density at radius 1 is 1.07 bits per heavy atom. The van der Waals surface area contributed by atoms with Crippen LogP contribution < -0.4 is 0 Å². The van der Waals surface area contributed by atoms with E-state index in [-0.39, 0.29) is 0 Å². The molecule has 0 N–H and O–H groups in total. The van der Waals surface area contributed by atoms with Gasteiger partial charge in [0.2, 0.25) is 0 Å². The fourth-order valence-electron chi connectivity index (χ4n) is 1.43. The minimum absolute atomic E-state index is 0.855. The Labute approximate surface area is 84.2 Å². The summed E-state index contributed by atoms with van der Waals surface area (Å²) in [6.45, 7) is 5.01. The van der Waals surface area contributed by atoms with E-state index >= 15 is 0 Å². The fraction of sp³-hybridized carbons (Fsp3) is 0.250. The lowest BCUT2D eigenvalue weighted by Gasteiger charge is -2.01. The van der Waals surface area contributed by atoms with E-state index in [1.54, 1.807) is 0 Å². The van der Waals surface area contributed by atoms with Gasteiger partial charge in [-0.2, -0.15) is 5.10 Å². The van der Waals surface area contributed by atoms with Crippen LogP contribution in [0.25, 0.3) is 0 Å². The zero-order chi connectivity index (χ0) is 9.97. The Bertz CT molecular complexity index is 412. The van der Waals surface area contributed by atoms with Crippen molar-refractivity contribution < 1.29 is 0 Å². The van der Waals surface area contributed by atoms with Crippen molar-refractivity contribution in [1.29, 1.82) is 0 Å². The quantitative estimate of drug-likeness (QED) is 0.704. The zero-order valence-electron chi connectivity index (χ0n) is 8.57. The highest BCUT2D eigenvalue weighted by molar-refractivity contribution is 5.21. The largest absolute Gasteiger partial charge is 0.268 e. The average molecular weight is 186 g/mol. The van der Waals surface area contributed by atoms with Crippen molar-refractivity contribution in [2.45, 2.75) is 20.4 Å². The van der Waals surface area contributed by atoms with E-state index in [2.05, 4.69) is 49.4 Å². The van der Waals surface area contributed by atoms with Gasteiger partial charge in [-0.15, -0.1) is 0 Å². The molecule has 1 aromatic carbocycles. The smallest absolute Gasteiger partial charge is 0.0659 e. The number of nitrogens with zero attached hydrogens (tertiary/aromatic N) is 2. The minimum Gasteiger partial charge on any atom is -0.268 e. The summed E-state index contributed by atoms with van der Waals surface area (Å²) in [5.74, 6) is 0. The van der Waals surface area contributed by atoms with Gasteiger partial charge in [-0.3, -0.25) is 4.68 Å². The number of aromatic nitrogens is 2. The summed E-state index contributed by atoms with van der Waals surface area (Å²) in [6.07, 6.45) is 3.94. The van der Waals surface area contributed by atoms with Crippen LogP contribution in [-0.2, 0) is 6.54 Å². The predicted octanol–water partition coefficient (Wildman–Crippen LogP) is 2.55. The van der Waals surface area contributed by atoms with Crippen LogP contribution in [0.1, 0.15) is 16.7 Å². The van der Waals surface area contributed by atoms with Gasteiger partial charge in [-0.1, -0.05) is 29.8 Å². The number of hydrogen-bond acceptors (Lipinski definition) is 1. The maximum atomic E-state index is 4.25. The molecular weight excluding hydrogens is 172 g/mol. The lowest BCUT2D eigenvalue weighted by Crippen LogP contribution is -1.99. The van der Waals surface area contributed by atoms with E-state index in [1.807, 2.05) is 10.9 Å². The van der Waals surface area contributed by atoms with Crippen LogP contribution >= 0.6 is 0 Å². The molecule has 0 spiro atoms. The molecule has 0 aliphatic heterocycles. The van der Waals surface area contributed by atoms with Crippen molar-refractivity contribution in [2.24, 2.45) is 0 Å². The highest BCUT2D eigenvalue weighted by Gasteiger charge is 1.95. The van der Waals surface area contributed by atoms with Gasteiger partial charge in [0.15, 0.2) is 0 Å². The van der Waals surface area contributed by atoms with Crippen molar-refractivity contribution in [3.63, 3.8) is 0 Å². The molecule has 0 unspecified atom stereocenters. The van der Waals surface area contributed by atoms with Crippen LogP contribution in [0.5, 0.6) is 0 Å². The molecule has 0 saturated carbocycles. The summed E-state index contributed by atoms with van der Waals surface area (Å²) in [5, 5.41) is 4.25. The normalized spacial score (nSPS) is 10.4. The van der Waals surface area contributed by atoms with E-state index in [4.69, 9.17) is 0 Å². The van der Waals surface area contributed by atoms with E-state index in [0.717, 1.165) is 6.54 Å². The molecule has 2 aromatic rings. The van der Waals surface area contributed by atoms with Crippen LogP contribution in [0.3, 0.4) is 0 Å². The van der Waals surface area contributed by atoms with Crippen molar-refractivity contribution >= 4 is 0 Å². The van der Waals surface area contributed by atoms with Crippen molar-refractivity contribution in [3.05, 3.63) is 53.3 Å². The zero-order valence-corrected chi connectivity index (χ0v) is 8.57. The summed E-state index contributed by atoms with van der Waals surface area (Å²) < 4.78 is 1.96. The molecule has 1 heterocycles. The van der Waals surface area contributed by atoms with Gasteiger partial charge in [0.1, 0.15) is 0 Å². The highest BCUT2D eigenvalue weighted by atomic mass is 15.3. The monoisotopic (exact) mass is 186 g/mol. The van der Waals surface area contributed by atoms with Crippen LogP contribution in [0.2, 0.25) is 0 Å². The Morgan fingerprint density at radius 2 is 1.79 bits per heavy atom. The molecular formula is C12H14N2. The Kier molecular flexibility index (Phi) is 2.35. The van der Waals surface area contributed by atoms with Crippen molar-refractivity contribution in [1.82, 2.24) is 9.78 Å². The molecule has 2 rings (SSSR count). The third-order valence-corrected chi connectivity index (χ3v) is 2.23. The van der Waals surface area contributed by atoms with E-state index in [1.165, 1.54) is 16.7 Å². The summed E-state index contributed by atoms with van der Waals surface area (Å²) in [4.78, 5) is 0. The summed E-state index contributed by atoms with van der Waals surface area (Å²) in [7, 11) is 0. The minimum atomic E-state index is 0.855. The second-order valence-corrected chi connectivity index (χ2v) is 3.70. The number of rotatable bonds is 2. The van der Waals surface area contributed by atoms with Gasteiger partial charge in [-0.25, -0.2) is 0 Å². The first kappa shape index (κ1) is 9.00. The molecule has 72 valence electrons. The topological polar surface area (TPSA) is 17.8 Å². The maximum absolute atomic E-state index is 4.25. The third-order valence-electron chi connectivity index (χ3n) is 2.23. The molecule has 0 bridgehead atoms. The molecule has 0 aliphatic carbocycles. The van der Waals surface area contributed by atoms with Gasteiger partial charge in [0.05, 0.1) is 12.7 Å². The molecule has 2 heteroatoms. The standard InChI is InChI=1S/C12H14N2/c1-10-3-5-12(6-4-10)9-14-8-11(2)7-13-14/h3-8H,9H2,1-2H3. The summed E-state index contributed by atoms with van der Waals surface area (Å²) in [5.41, 5.74) is 3.79. The average Bonchev–Trinajstić information content (AvgIpc) is 2.56. The first-order chi connectivity index (χ1) is 6.74.